The number of hydrogen-bond donors (Lipinski definition) is 1. The van der Waals surface area contributed by atoms with Gasteiger partial charge in [0.2, 0.25) is 0 Å². The Hall–Kier alpha value is -4.19. The fourth-order valence-electron chi connectivity index (χ4n) is 3.75. The Bertz CT molecular complexity index is 1260. The van der Waals surface area contributed by atoms with Gasteiger partial charge in [0.1, 0.15) is 5.75 Å². The van der Waals surface area contributed by atoms with Crippen LogP contribution in [0.5, 0.6) is 5.75 Å². The summed E-state index contributed by atoms with van der Waals surface area (Å²) in [5.74, 6) is 0.255. The maximum Gasteiger partial charge on any atom is 0.258 e. The van der Waals surface area contributed by atoms with Gasteiger partial charge in [-0.3, -0.25) is 14.3 Å². The molecule has 0 fully saturated rings. The molecule has 172 valence electrons. The summed E-state index contributed by atoms with van der Waals surface area (Å²) in [5, 5.41) is 7.54. The second kappa shape index (κ2) is 10.6. The van der Waals surface area contributed by atoms with E-state index in [-0.39, 0.29) is 18.3 Å². The van der Waals surface area contributed by atoms with E-state index in [4.69, 9.17) is 4.74 Å². The third kappa shape index (κ3) is 5.59. The number of aromatic nitrogens is 2. The molecule has 1 amide bonds. The fourth-order valence-corrected chi connectivity index (χ4v) is 3.75. The van der Waals surface area contributed by atoms with Gasteiger partial charge < -0.3 is 10.1 Å². The maximum atomic E-state index is 12.5. The molecule has 1 N–H and O–H groups in total. The Labute approximate surface area is 199 Å². The van der Waals surface area contributed by atoms with E-state index < -0.39 is 0 Å². The summed E-state index contributed by atoms with van der Waals surface area (Å²) in [4.78, 5) is 24.8. The molecule has 6 heteroatoms. The van der Waals surface area contributed by atoms with Crippen molar-refractivity contribution in [3.8, 4) is 5.75 Å². The number of ketones is 1. The molecule has 0 saturated carbocycles. The van der Waals surface area contributed by atoms with Crippen LogP contribution in [0, 0.1) is 13.8 Å². The van der Waals surface area contributed by atoms with Crippen LogP contribution in [0.4, 0.5) is 0 Å². The molecule has 4 rings (SSSR count). The van der Waals surface area contributed by atoms with Crippen LogP contribution in [0.1, 0.15) is 38.4 Å². The first-order valence-corrected chi connectivity index (χ1v) is 11.2. The van der Waals surface area contributed by atoms with Crippen molar-refractivity contribution in [2.45, 2.75) is 26.9 Å². The normalized spacial score (nSPS) is 10.6. The molecule has 1 heterocycles. The largest absolute Gasteiger partial charge is 0.484 e. The Morgan fingerprint density at radius 1 is 0.853 bits per heavy atom. The number of nitrogens with zero attached hydrogens (tertiary/aromatic N) is 2. The second-order valence-electron chi connectivity index (χ2n) is 8.08. The summed E-state index contributed by atoms with van der Waals surface area (Å²) in [6.45, 7) is 4.93. The van der Waals surface area contributed by atoms with Gasteiger partial charge in [-0.15, -0.1) is 0 Å². The molecule has 0 aliphatic rings. The number of carbonyl (C=O) groups excluding carboxylic acids is 2. The predicted octanol–water partition coefficient (Wildman–Crippen LogP) is 4.47. The van der Waals surface area contributed by atoms with Crippen molar-refractivity contribution in [3.05, 3.63) is 119 Å². The standard InChI is InChI=1S/C28H27N3O3/c1-20-26(21(2)31(30-20)18-22-9-5-3-6-10-22)17-29-27(32)19-34-25-15-13-24(14-16-25)28(33)23-11-7-4-8-12-23/h3-16H,17-19H2,1-2H3,(H,29,32). The number of rotatable bonds is 9. The van der Waals surface area contributed by atoms with Gasteiger partial charge in [-0.2, -0.15) is 5.10 Å². The number of benzene rings is 3. The molecular formula is C28H27N3O3. The smallest absolute Gasteiger partial charge is 0.258 e. The fraction of sp³-hybridized carbons (Fsp3) is 0.179. The molecule has 0 spiro atoms. The van der Waals surface area contributed by atoms with Gasteiger partial charge in [-0.1, -0.05) is 60.7 Å². The minimum Gasteiger partial charge on any atom is -0.484 e. The molecular weight excluding hydrogens is 426 g/mol. The third-order valence-electron chi connectivity index (χ3n) is 5.69. The number of amides is 1. The molecule has 34 heavy (non-hydrogen) atoms. The highest BCUT2D eigenvalue weighted by Gasteiger charge is 2.13. The predicted molar refractivity (Wildman–Crippen MR) is 131 cm³/mol. The van der Waals surface area contributed by atoms with E-state index in [1.54, 1.807) is 36.4 Å². The van der Waals surface area contributed by atoms with Crippen LogP contribution in [0.25, 0.3) is 0 Å². The Balaban J connectivity index is 1.29. The van der Waals surface area contributed by atoms with Gasteiger partial charge in [-0.05, 0) is 43.7 Å². The molecule has 0 radical (unpaired) electrons. The Morgan fingerprint density at radius 3 is 2.15 bits per heavy atom. The number of nitrogens with one attached hydrogen (secondary N) is 1. The van der Waals surface area contributed by atoms with E-state index >= 15 is 0 Å². The van der Waals surface area contributed by atoms with Crippen LogP contribution >= 0.6 is 0 Å². The highest BCUT2D eigenvalue weighted by Crippen LogP contribution is 2.16. The van der Waals surface area contributed by atoms with Crippen molar-refractivity contribution in [3.63, 3.8) is 0 Å². The number of hydrogen-bond acceptors (Lipinski definition) is 4. The van der Waals surface area contributed by atoms with Crippen LogP contribution in [0.2, 0.25) is 0 Å². The van der Waals surface area contributed by atoms with Crippen molar-refractivity contribution in [1.82, 2.24) is 15.1 Å². The Morgan fingerprint density at radius 2 is 1.47 bits per heavy atom. The molecule has 0 unspecified atom stereocenters. The quantitative estimate of drug-likeness (QED) is 0.380. The van der Waals surface area contributed by atoms with Gasteiger partial charge >= 0.3 is 0 Å². The SMILES string of the molecule is Cc1nn(Cc2ccccc2)c(C)c1CNC(=O)COc1ccc(C(=O)c2ccccc2)cc1. The van der Waals surface area contributed by atoms with Crippen molar-refractivity contribution >= 4 is 11.7 Å². The minimum absolute atomic E-state index is 0.0524. The topological polar surface area (TPSA) is 73.2 Å². The minimum atomic E-state index is -0.223. The summed E-state index contributed by atoms with van der Waals surface area (Å²) in [6.07, 6.45) is 0. The molecule has 1 aromatic heterocycles. The van der Waals surface area contributed by atoms with Crippen LogP contribution in [-0.4, -0.2) is 28.1 Å². The average molecular weight is 454 g/mol. The molecule has 0 aliphatic carbocycles. The van der Waals surface area contributed by atoms with Crippen molar-refractivity contribution in [2.24, 2.45) is 0 Å². The number of ether oxygens (including phenoxy) is 1. The highest BCUT2D eigenvalue weighted by molar-refractivity contribution is 6.08. The van der Waals surface area contributed by atoms with Crippen molar-refractivity contribution in [1.29, 1.82) is 0 Å². The molecule has 3 aromatic carbocycles. The first kappa shape index (κ1) is 23.0. The summed E-state index contributed by atoms with van der Waals surface area (Å²) < 4.78 is 7.56. The van der Waals surface area contributed by atoms with Gasteiger partial charge in [-0.25, -0.2) is 0 Å². The monoisotopic (exact) mass is 453 g/mol. The zero-order valence-electron chi connectivity index (χ0n) is 19.3. The first-order valence-electron chi connectivity index (χ1n) is 11.2. The summed E-state index contributed by atoms with van der Waals surface area (Å²) in [6, 6.07) is 26.1. The summed E-state index contributed by atoms with van der Waals surface area (Å²) >= 11 is 0. The average Bonchev–Trinajstić information content (AvgIpc) is 3.14. The van der Waals surface area contributed by atoms with Crippen molar-refractivity contribution in [2.75, 3.05) is 6.61 Å². The zero-order valence-corrected chi connectivity index (χ0v) is 19.3. The summed E-state index contributed by atoms with van der Waals surface area (Å²) in [5.41, 5.74) is 5.31. The molecule has 0 aliphatic heterocycles. The van der Waals surface area contributed by atoms with Crippen LogP contribution in [-0.2, 0) is 17.9 Å². The molecule has 4 aromatic rings. The van der Waals surface area contributed by atoms with Crippen LogP contribution in [0.3, 0.4) is 0 Å². The van der Waals surface area contributed by atoms with E-state index in [9.17, 15) is 9.59 Å². The first-order chi connectivity index (χ1) is 16.5. The second-order valence-corrected chi connectivity index (χ2v) is 8.08. The van der Waals surface area contributed by atoms with Crippen LogP contribution < -0.4 is 10.1 Å². The van der Waals surface area contributed by atoms with Crippen molar-refractivity contribution < 1.29 is 14.3 Å². The number of carbonyl (C=O) groups is 2. The number of aryl methyl sites for hydroxylation is 1. The van der Waals surface area contributed by atoms with E-state index in [0.29, 0.717) is 30.0 Å². The van der Waals surface area contributed by atoms with E-state index in [0.717, 1.165) is 17.0 Å². The summed E-state index contributed by atoms with van der Waals surface area (Å²) in [7, 11) is 0. The van der Waals surface area contributed by atoms with E-state index in [1.165, 1.54) is 5.56 Å². The van der Waals surface area contributed by atoms with E-state index in [1.807, 2.05) is 54.9 Å². The molecule has 6 nitrogen and oxygen atoms in total. The maximum absolute atomic E-state index is 12.5. The highest BCUT2D eigenvalue weighted by atomic mass is 16.5. The lowest BCUT2D eigenvalue weighted by atomic mass is 10.0. The molecule has 0 atom stereocenters. The van der Waals surface area contributed by atoms with Gasteiger partial charge in [0.05, 0.1) is 12.2 Å². The lowest BCUT2D eigenvalue weighted by Gasteiger charge is -2.09. The third-order valence-corrected chi connectivity index (χ3v) is 5.69. The molecule has 0 bridgehead atoms. The lowest BCUT2D eigenvalue weighted by Crippen LogP contribution is -2.28. The Kier molecular flexibility index (Phi) is 7.18. The zero-order chi connectivity index (χ0) is 23.9. The van der Waals surface area contributed by atoms with Crippen LogP contribution in [0.15, 0.2) is 84.9 Å². The van der Waals surface area contributed by atoms with Gasteiger partial charge in [0.25, 0.3) is 5.91 Å². The van der Waals surface area contributed by atoms with Gasteiger partial charge in [0.15, 0.2) is 12.4 Å². The molecule has 0 saturated heterocycles. The lowest BCUT2D eigenvalue weighted by molar-refractivity contribution is -0.123. The van der Waals surface area contributed by atoms with Gasteiger partial charge in [0, 0.05) is 28.9 Å². The van der Waals surface area contributed by atoms with E-state index in [2.05, 4.69) is 22.5 Å².